The van der Waals surface area contributed by atoms with E-state index in [1.807, 2.05) is 22.4 Å². The molecule has 4 heterocycles. The second-order valence-electron chi connectivity index (χ2n) is 6.82. The molecule has 0 radical (unpaired) electrons. The van der Waals surface area contributed by atoms with Crippen LogP contribution in [0.2, 0.25) is 0 Å². The van der Waals surface area contributed by atoms with E-state index in [4.69, 9.17) is 13.9 Å². The monoisotopic (exact) mass is 430 g/mol. The fourth-order valence-corrected chi connectivity index (χ4v) is 3.81. The molecule has 10 heteroatoms. The molecule has 0 saturated carbocycles. The van der Waals surface area contributed by atoms with Crippen molar-refractivity contribution in [3.8, 4) is 10.8 Å². The minimum absolute atomic E-state index is 0.000761. The summed E-state index contributed by atoms with van der Waals surface area (Å²) in [5.74, 6) is 1.10. The van der Waals surface area contributed by atoms with Crippen LogP contribution in [0, 0.1) is 6.92 Å². The van der Waals surface area contributed by atoms with Crippen LogP contribution in [0.1, 0.15) is 23.4 Å². The largest absolute Gasteiger partial charge is 0.457 e. The van der Waals surface area contributed by atoms with Crippen LogP contribution in [0.3, 0.4) is 0 Å². The molecule has 1 fully saturated rings. The maximum Gasteiger partial charge on any atom is 0.306 e. The van der Waals surface area contributed by atoms with E-state index in [-0.39, 0.29) is 25.0 Å². The summed E-state index contributed by atoms with van der Waals surface area (Å²) in [6.45, 7) is 4.36. The van der Waals surface area contributed by atoms with Gasteiger partial charge in [-0.15, -0.1) is 11.3 Å². The predicted octanol–water partition coefficient (Wildman–Crippen LogP) is 2.31. The number of nitrogens with zero attached hydrogens (tertiary/aromatic N) is 3. The van der Waals surface area contributed by atoms with Crippen LogP contribution in [-0.2, 0) is 27.3 Å². The molecule has 1 N–H and O–H groups in total. The standard InChI is InChI=1S/C20H22N4O5S/c1-13-15(18(26)23-20(22-13)24-6-8-27-9-7-24)4-5-17(25)28-12-14-11-21-19(29-14)16-3-2-10-30-16/h2-3,10-11H,4-9,12H2,1H3,(H,22,23,26). The third kappa shape index (κ3) is 4.77. The number of H-pyrrole nitrogens is 1. The van der Waals surface area contributed by atoms with Crippen molar-refractivity contribution in [1.82, 2.24) is 15.0 Å². The summed E-state index contributed by atoms with van der Waals surface area (Å²) in [5, 5.41) is 1.94. The van der Waals surface area contributed by atoms with E-state index < -0.39 is 5.97 Å². The highest BCUT2D eigenvalue weighted by molar-refractivity contribution is 7.13. The summed E-state index contributed by atoms with van der Waals surface area (Å²) < 4.78 is 16.2. The van der Waals surface area contributed by atoms with Crippen molar-refractivity contribution in [3.05, 3.63) is 51.1 Å². The molecule has 3 aromatic rings. The number of morpholine rings is 1. The van der Waals surface area contributed by atoms with Crippen LogP contribution < -0.4 is 10.5 Å². The first-order valence-electron chi connectivity index (χ1n) is 9.67. The number of aryl methyl sites for hydroxylation is 1. The van der Waals surface area contributed by atoms with E-state index in [0.29, 0.717) is 55.2 Å². The third-order valence-corrected chi connectivity index (χ3v) is 5.62. The summed E-state index contributed by atoms with van der Waals surface area (Å²) in [6, 6.07) is 3.82. The number of carbonyl (C=O) groups excluding carboxylic acids is 1. The first-order valence-corrected chi connectivity index (χ1v) is 10.5. The van der Waals surface area contributed by atoms with Gasteiger partial charge in [-0.25, -0.2) is 9.97 Å². The van der Waals surface area contributed by atoms with Gasteiger partial charge in [-0.2, -0.15) is 0 Å². The number of hydrogen-bond acceptors (Lipinski definition) is 9. The van der Waals surface area contributed by atoms with Gasteiger partial charge in [-0.3, -0.25) is 14.6 Å². The average molecular weight is 430 g/mol. The first kappa shape index (κ1) is 20.3. The lowest BCUT2D eigenvalue weighted by Crippen LogP contribution is -2.38. The second kappa shape index (κ2) is 9.23. The third-order valence-electron chi connectivity index (χ3n) is 4.76. The minimum Gasteiger partial charge on any atom is -0.457 e. The molecule has 0 aromatic carbocycles. The van der Waals surface area contributed by atoms with E-state index in [1.54, 1.807) is 13.1 Å². The van der Waals surface area contributed by atoms with Crippen molar-refractivity contribution in [2.24, 2.45) is 0 Å². The molecular formula is C20H22N4O5S. The summed E-state index contributed by atoms with van der Waals surface area (Å²) in [6.07, 6.45) is 1.88. The molecule has 1 aliphatic rings. The van der Waals surface area contributed by atoms with Crippen molar-refractivity contribution in [2.75, 3.05) is 31.2 Å². The predicted molar refractivity (Wildman–Crippen MR) is 111 cm³/mol. The van der Waals surface area contributed by atoms with Crippen molar-refractivity contribution < 1.29 is 18.7 Å². The van der Waals surface area contributed by atoms with E-state index in [9.17, 15) is 9.59 Å². The zero-order valence-corrected chi connectivity index (χ0v) is 17.4. The summed E-state index contributed by atoms with van der Waals surface area (Å²) >= 11 is 1.52. The highest BCUT2D eigenvalue weighted by Crippen LogP contribution is 2.24. The molecule has 30 heavy (non-hydrogen) atoms. The van der Waals surface area contributed by atoms with Crippen LogP contribution in [0.5, 0.6) is 0 Å². The number of carbonyl (C=O) groups is 1. The van der Waals surface area contributed by atoms with Crippen LogP contribution in [-0.4, -0.2) is 47.2 Å². The SMILES string of the molecule is Cc1nc(N2CCOCC2)[nH]c(=O)c1CCC(=O)OCc1cnc(-c2cccs2)o1. The molecule has 3 aromatic heterocycles. The molecule has 0 amide bonds. The Kier molecular flexibility index (Phi) is 6.24. The lowest BCUT2D eigenvalue weighted by molar-refractivity contribution is -0.145. The van der Waals surface area contributed by atoms with E-state index in [2.05, 4.69) is 15.0 Å². The Labute approximate surface area is 176 Å². The van der Waals surface area contributed by atoms with Gasteiger partial charge in [0.1, 0.15) is 0 Å². The Bertz CT molecular complexity index is 1050. The van der Waals surface area contributed by atoms with Crippen molar-refractivity contribution >= 4 is 23.3 Å². The highest BCUT2D eigenvalue weighted by Gasteiger charge is 2.17. The maximum absolute atomic E-state index is 12.5. The van der Waals surface area contributed by atoms with Gasteiger partial charge in [0.2, 0.25) is 11.8 Å². The van der Waals surface area contributed by atoms with Gasteiger partial charge in [-0.1, -0.05) is 6.07 Å². The second-order valence-corrected chi connectivity index (χ2v) is 7.77. The normalized spacial score (nSPS) is 14.1. The topological polar surface area (TPSA) is 111 Å². The number of hydrogen-bond donors (Lipinski definition) is 1. The number of thiophene rings is 1. The number of oxazole rings is 1. The van der Waals surface area contributed by atoms with Gasteiger partial charge in [-0.05, 0) is 24.8 Å². The van der Waals surface area contributed by atoms with Crippen LogP contribution in [0.4, 0.5) is 5.95 Å². The van der Waals surface area contributed by atoms with Crippen LogP contribution in [0.25, 0.3) is 10.8 Å². The van der Waals surface area contributed by atoms with Gasteiger partial charge in [0.05, 0.1) is 24.3 Å². The Morgan fingerprint density at radius 3 is 2.93 bits per heavy atom. The number of nitrogens with one attached hydrogen (secondary N) is 1. The molecular weight excluding hydrogens is 408 g/mol. The van der Waals surface area contributed by atoms with Crippen molar-refractivity contribution in [3.63, 3.8) is 0 Å². The number of esters is 1. The molecule has 0 unspecified atom stereocenters. The Morgan fingerprint density at radius 1 is 1.37 bits per heavy atom. The quantitative estimate of drug-likeness (QED) is 0.569. The Hall–Kier alpha value is -2.98. The average Bonchev–Trinajstić information content (AvgIpc) is 3.44. The number of rotatable bonds is 7. The number of anilines is 1. The highest BCUT2D eigenvalue weighted by atomic mass is 32.1. The molecule has 158 valence electrons. The molecule has 0 atom stereocenters. The summed E-state index contributed by atoms with van der Waals surface area (Å²) in [4.78, 5) is 39.0. The van der Waals surface area contributed by atoms with Gasteiger partial charge < -0.3 is 18.8 Å². The molecule has 1 saturated heterocycles. The zero-order valence-electron chi connectivity index (χ0n) is 16.6. The van der Waals surface area contributed by atoms with Crippen LogP contribution >= 0.6 is 11.3 Å². The summed E-state index contributed by atoms with van der Waals surface area (Å²) in [7, 11) is 0. The van der Waals surface area contributed by atoms with Gasteiger partial charge in [0.25, 0.3) is 5.56 Å². The molecule has 4 rings (SSSR count). The van der Waals surface area contributed by atoms with E-state index in [1.165, 1.54) is 11.3 Å². The molecule has 0 aliphatic carbocycles. The minimum atomic E-state index is -0.417. The lowest BCUT2D eigenvalue weighted by Gasteiger charge is -2.27. The molecule has 9 nitrogen and oxygen atoms in total. The lowest BCUT2D eigenvalue weighted by atomic mass is 10.1. The van der Waals surface area contributed by atoms with Gasteiger partial charge in [0, 0.05) is 30.8 Å². The molecule has 0 spiro atoms. The summed E-state index contributed by atoms with van der Waals surface area (Å²) in [5.41, 5.74) is 0.875. The van der Waals surface area contributed by atoms with Crippen molar-refractivity contribution in [2.45, 2.75) is 26.4 Å². The maximum atomic E-state index is 12.5. The van der Waals surface area contributed by atoms with Gasteiger partial charge >= 0.3 is 5.97 Å². The smallest absolute Gasteiger partial charge is 0.306 e. The van der Waals surface area contributed by atoms with E-state index in [0.717, 1.165) is 4.88 Å². The fourth-order valence-electron chi connectivity index (χ4n) is 3.15. The Morgan fingerprint density at radius 2 is 2.20 bits per heavy atom. The van der Waals surface area contributed by atoms with Crippen LogP contribution in [0.15, 0.2) is 32.9 Å². The molecule has 1 aliphatic heterocycles. The molecule has 0 bridgehead atoms. The zero-order chi connectivity index (χ0) is 20.9. The number of aromatic amines is 1. The number of aromatic nitrogens is 3. The van der Waals surface area contributed by atoms with E-state index >= 15 is 0 Å². The first-order chi connectivity index (χ1) is 14.6. The fraction of sp³-hybridized carbons (Fsp3) is 0.400. The Balaban J connectivity index is 1.31. The number of ether oxygens (including phenoxy) is 2. The van der Waals surface area contributed by atoms with Gasteiger partial charge in [0.15, 0.2) is 12.4 Å². The van der Waals surface area contributed by atoms with Crippen molar-refractivity contribution in [1.29, 1.82) is 0 Å².